The molecule has 0 aliphatic heterocycles. The molecule has 0 radical (unpaired) electrons. The van der Waals surface area contributed by atoms with Gasteiger partial charge in [0.05, 0.1) is 5.75 Å². The molecule has 0 saturated carbocycles. The molecule has 0 amide bonds. The smallest absolute Gasteiger partial charge is 0.175 e. The van der Waals surface area contributed by atoms with Crippen molar-refractivity contribution in [3.8, 4) is 0 Å². The lowest BCUT2D eigenvalue weighted by atomic mass is 10.1. The van der Waals surface area contributed by atoms with E-state index in [2.05, 4.69) is 0 Å². The minimum Gasteiger partial charge on any atom is -0.293 e. The zero-order valence-electron chi connectivity index (χ0n) is 9.40. The Morgan fingerprint density at radius 2 is 1.94 bits per heavy atom. The zero-order chi connectivity index (χ0) is 12.1. The Morgan fingerprint density at radius 1 is 1.38 bits per heavy atom. The number of halogens is 1. The second-order valence-corrected chi connectivity index (χ2v) is 5.97. The van der Waals surface area contributed by atoms with E-state index in [4.69, 9.17) is 11.6 Å². The maximum Gasteiger partial charge on any atom is 0.175 e. The van der Waals surface area contributed by atoms with Crippen LogP contribution in [0.4, 0.5) is 0 Å². The SMILES string of the molecule is CCC(C)S(=O)CC(=O)c1ccc(Cl)cc1. The summed E-state index contributed by atoms with van der Waals surface area (Å²) in [7, 11) is -1.08. The van der Waals surface area contributed by atoms with Crippen LogP contribution in [0.5, 0.6) is 0 Å². The Labute approximate surface area is 103 Å². The van der Waals surface area contributed by atoms with Crippen molar-refractivity contribution >= 4 is 28.2 Å². The van der Waals surface area contributed by atoms with Crippen LogP contribution in [0, 0.1) is 0 Å². The van der Waals surface area contributed by atoms with Gasteiger partial charge in [-0.15, -0.1) is 0 Å². The molecule has 88 valence electrons. The van der Waals surface area contributed by atoms with Gasteiger partial charge in [0.2, 0.25) is 0 Å². The van der Waals surface area contributed by atoms with Crippen LogP contribution in [0.25, 0.3) is 0 Å². The predicted octanol–water partition coefficient (Wildman–Crippen LogP) is 3.07. The number of carbonyl (C=O) groups excluding carboxylic acids is 1. The van der Waals surface area contributed by atoms with Crippen molar-refractivity contribution in [2.45, 2.75) is 25.5 Å². The Bertz CT molecular complexity index is 387. The topological polar surface area (TPSA) is 34.1 Å². The number of ketones is 1. The van der Waals surface area contributed by atoms with E-state index in [1.54, 1.807) is 24.3 Å². The highest BCUT2D eigenvalue weighted by Gasteiger charge is 2.14. The predicted molar refractivity (Wildman–Crippen MR) is 68.5 cm³/mol. The van der Waals surface area contributed by atoms with Crippen LogP contribution >= 0.6 is 11.6 Å². The second kappa shape index (κ2) is 6.16. The Balaban J connectivity index is 2.66. The van der Waals surface area contributed by atoms with Crippen LogP contribution in [0.3, 0.4) is 0 Å². The van der Waals surface area contributed by atoms with Crippen molar-refractivity contribution in [1.29, 1.82) is 0 Å². The third-order valence-corrected chi connectivity index (χ3v) is 4.49. The Kier molecular flexibility index (Phi) is 5.16. The number of carbonyl (C=O) groups is 1. The molecule has 0 aromatic heterocycles. The first-order valence-electron chi connectivity index (χ1n) is 5.20. The molecule has 2 unspecified atom stereocenters. The summed E-state index contributed by atoms with van der Waals surface area (Å²) in [5, 5.41) is 0.663. The Hall–Kier alpha value is -0.670. The lowest BCUT2D eigenvalue weighted by molar-refractivity contribution is 0.102. The second-order valence-electron chi connectivity index (χ2n) is 3.67. The molecule has 4 heteroatoms. The van der Waals surface area contributed by atoms with Crippen LogP contribution in [-0.4, -0.2) is 21.0 Å². The van der Waals surface area contributed by atoms with Gasteiger partial charge in [0.1, 0.15) is 0 Å². The van der Waals surface area contributed by atoms with E-state index < -0.39 is 10.8 Å². The number of hydrogen-bond acceptors (Lipinski definition) is 2. The molecule has 0 aliphatic carbocycles. The fourth-order valence-corrected chi connectivity index (χ4v) is 2.38. The average Bonchev–Trinajstić information content (AvgIpc) is 2.28. The fourth-order valence-electron chi connectivity index (χ4n) is 1.18. The lowest BCUT2D eigenvalue weighted by Gasteiger charge is -2.07. The molecule has 1 aromatic rings. The first-order chi connectivity index (χ1) is 7.54. The molecule has 2 atom stereocenters. The molecule has 0 saturated heterocycles. The molecule has 0 fully saturated rings. The van der Waals surface area contributed by atoms with Gasteiger partial charge in [-0.25, -0.2) is 0 Å². The summed E-state index contributed by atoms with van der Waals surface area (Å²) >= 11 is 5.72. The minimum absolute atomic E-state index is 0.0660. The van der Waals surface area contributed by atoms with Crippen molar-refractivity contribution in [3.63, 3.8) is 0 Å². The van der Waals surface area contributed by atoms with Crippen LogP contribution in [0.15, 0.2) is 24.3 Å². The van der Waals surface area contributed by atoms with Crippen LogP contribution < -0.4 is 0 Å². The van der Waals surface area contributed by atoms with Gasteiger partial charge in [-0.2, -0.15) is 0 Å². The standard InChI is InChI=1S/C12H15ClO2S/c1-3-9(2)16(15)8-12(14)10-4-6-11(13)7-5-10/h4-7,9H,3,8H2,1-2H3. The summed E-state index contributed by atoms with van der Waals surface area (Å²) in [5.41, 5.74) is 0.570. The summed E-state index contributed by atoms with van der Waals surface area (Å²) in [5.74, 6) is 0.00620. The molecule has 0 spiro atoms. The van der Waals surface area contributed by atoms with E-state index in [1.165, 1.54) is 0 Å². The largest absolute Gasteiger partial charge is 0.293 e. The van der Waals surface area contributed by atoms with Gasteiger partial charge in [0, 0.05) is 26.6 Å². The lowest BCUT2D eigenvalue weighted by Crippen LogP contribution is -2.19. The monoisotopic (exact) mass is 258 g/mol. The molecule has 0 heterocycles. The highest BCUT2D eigenvalue weighted by Crippen LogP contribution is 2.11. The minimum atomic E-state index is -1.08. The van der Waals surface area contributed by atoms with Gasteiger partial charge in [0.25, 0.3) is 0 Å². The van der Waals surface area contributed by atoms with Gasteiger partial charge >= 0.3 is 0 Å². The van der Waals surface area contributed by atoms with E-state index in [0.717, 1.165) is 6.42 Å². The molecule has 0 aliphatic rings. The fraction of sp³-hybridized carbons (Fsp3) is 0.417. The summed E-state index contributed by atoms with van der Waals surface area (Å²) in [6.45, 7) is 3.86. The number of Topliss-reactive ketones (excluding diaryl/α,β-unsaturated/α-hetero) is 1. The zero-order valence-corrected chi connectivity index (χ0v) is 11.0. The summed E-state index contributed by atoms with van der Waals surface area (Å²) < 4.78 is 11.7. The van der Waals surface area contributed by atoms with Gasteiger partial charge < -0.3 is 0 Å². The van der Waals surface area contributed by atoms with Gasteiger partial charge in [-0.1, -0.05) is 25.4 Å². The van der Waals surface area contributed by atoms with Gasteiger partial charge in [-0.3, -0.25) is 9.00 Å². The summed E-state index contributed by atoms with van der Waals surface area (Å²) in [4.78, 5) is 11.8. The average molecular weight is 259 g/mol. The summed E-state index contributed by atoms with van der Waals surface area (Å²) in [6.07, 6.45) is 0.820. The van der Waals surface area contributed by atoms with E-state index in [-0.39, 0.29) is 16.8 Å². The van der Waals surface area contributed by atoms with Crippen molar-refractivity contribution in [2.24, 2.45) is 0 Å². The van der Waals surface area contributed by atoms with E-state index in [0.29, 0.717) is 10.6 Å². The Morgan fingerprint density at radius 3 is 2.44 bits per heavy atom. The van der Waals surface area contributed by atoms with Gasteiger partial charge in [0.15, 0.2) is 5.78 Å². The third kappa shape index (κ3) is 3.72. The molecule has 16 heavy (non-hydrogen) atoms. The molecule has 1 aromatic carbocycles. The normalized spacial score (nSPS) is 14.4. The van der Waals surface area contributed by atoms with Crippen LogP contribution in [0.1, 0.15) is 30.6 Å². The number of rotatable bonds is 5. The molecular weight excluding hydrogens is 244 g/mol. The van der Waals surface area contributed by atoms with E-state index in [1.807, 2.05) is 13.8 Å². The number of benzene rings is 1. The van der Waals surface area contributed by atoms with Crippen molar-refractivity contribution < 1.29 is 9.00 Å². The molecule has 1 rings (SSSR count). The van der Waals surface area contributed by atoms with Crippen molar-refractivity contribution in [2.75, 3.05) is 5.75 Å². The molecule has 0 N–H and O–H groups in total. The van der Waals surface area contributed by atoms with Crippen LogP contribution in [-0.2, 0) is 10.8 Å². The van der Waals surface area contributed by atoms with Crippen molar-refractivity contribution in [3.05, 3.63) is 34.9 Å². The third-order valence-electron chi connectivity index (χ3n) is 2.46. The summed E-state index contributed by atoms with van der Waals surface area (Å²) in [6, 6.07) is 6.67. The van der Waals surface area contributed by atoms with Gasteiger partial charge in [-0.05, 0) is 30.7 Å². The molecule has 2 nitrogen and oxygen atoms in total. The highest BCUT2D eigenvalue weighted by molar-refractivity contribution is 7.86. The maximum atomic E-state index is 11.8. The van der Waals surface area contributed by atoms with E-state index >= 15 is 0 Å². The quantitative estimate of drug-likeness (QED) is 0.761. The van der Waals surface area contributed by atoms with E-state index in [9.17, 15) is 9.00 Å². The highest BCUT2D eigenvalue weighted by atomic mass is 35.5. The molecule has 0 bridgehead atoms. The molecular formula is C12H15ClO2S. The maximum absolute atomic E-state index is 11.8. The van der Waals surface area contributed by atoms with Crippen LogP contribution in [0.2, 0.25) is 5.02 Å². The van der Waals surface area contributed by atoms with Crippen molar-refractivity contribution in [1.82, 2.24) is 0 Å². The first kappa shape index (κ1) is 13.4. The first-order valence-corrected chi connectivity index (χ1v) is 6.96. The number of hydrogen-bond donors (Lipinski definition) is 0.